The van der Waals surface area contributed by atoms with Gasteiger partial charge in [-0.25, -0.2) is 4.98 Å². The molecule has 23 heavy (non-hydrogen) atoms. The van der Waals surface area contributed by atoms with E-state index >= 15 is 0 Å². The van der Waals surface area contributed by atoms with Crippen molar-refractivity contribution in [1.82, 2.24) is 15.3 Å². The second-order valence-corrected chi connectivity index (χ2v) is 5.16. The number of anilines is 1. The van der Waals surface area contributed by atoms with Crippen LogP contribution in [0.25, 0.3) is 11.0 Å². The minimum absolute atomic E-state index is 0.207. The van der Waals surface area contributed by atoms with Crippen molar-refractivity contribution in [2.75, 3.05) is 19.4 Å². The zero-order valence-electron chi connectivity index (χ0n) is 12.8. The summed E-state index contributed by atoms with van der Waals surface area (Å²) in [5, 5.41) is 2.85. The van der Waals surface area contributed by atoms with Gasteiger partial charge in [-0.15, -0.1) is 0 Å². The Labute approximate surface area is 133 Å². The molecule has 0 aliphatic heterocycles. The number of carbonyl (C=O) groups is 1. The van der Waals surface area contributed by atoms with Gasteiger partial charge >= 0.3 is 0 Å². The molecule has 0 spiro atoms. The third-order valence-corrected chi connectivity index (χ3v) is 3.59. The molecule has 6 heteroatoms. The van der Waals surface area contributed by atoms with Gasteiger partial charge in [0.1, 0.15) is 11.6 Å². The highest BCUT2D eigenvalue weighted by Crippen LogP contribution is 2.19. The molecule has 4 N–H and O–H groups in total. The summed E-state index contributed by atoms with van der Waals surface area (Å²) >= 11 is 0. The number of amides is 1. The van der Waals surface area contributed by atoms with Gasteiger partial charge in [0.25, 0.3) is 5.91 Å². The molecule has 0 bridgehead atoms. The van der Waals surface area contributed by atoms with Crippen molar-refractivity contribution in [2.45, 2.75) is 6.42 Å². The van der Waals surface area contributed by atoms with Gasteiger partial charge in [0.05, 0.1) is 23.7 Å². The van der Waals surface area contributed by atoms with Crippen LogP contribution in [-0.2, 0) is 6.42 Å². The first-order valence-electron chi connectivity index (χ1n) is 7.32. The maximum atomic E-state index is 12.2. The molecular weight excluding hydrogens is 292 g/mol. The molecule has 3 aromatic rings. The number of H-pyrrole nitrogens is 1. The van der Waals surface area contributed by atoms with E-state index < -0.39 is 0 Å². The summed E-state index contributed by atoms with van der Waals surface area (Å²) in [5.41, 5.74) is 8.62. The topological polar surface area (TPSA) is 93.0 Å². The average Bonchev–Trinajstić information content (AvgIpc) is 2.97. The average molecular weight is 310 g/mol. The Hall–Kier alpha value is -3.02. The molecule has 0 aliphatic carbocycles. The van der Waals surface area contributed by atoms with Crippen molar-refractivity contribution in [1.29, 1.82) is 0 Å². The number of aromatic amines is 1. The van der Waals surface area contributed by atoms with Gasteiger partial charge in [0.2, 0.25) is 0 Å². The quantitative estimate of drug-likeness (QED) is 0.629. The number of methoxy groups -OCH3 is 1. The van der Waals surface area contributed by atoms with Crippen LogP contribution in [0.3, 0.4) is 0 Å². The lowest BCUT2D eigenvalue weighted by molar-refractivity contribution is 0.0955. The second-order valence-electron chi connectivity index (χ2n) is 5.16. The number of carbonyl (C=O) groups excluding carboxylic acids is 1. The number of para-hydroxylation sites is 2. The Kier molecular flexibility index (Phi) is 4.14. The number of imidazole rings is 1. The number of nitrogens with zero attached hydrogens (tertiary/aromatic N) is 1. The van der Waals surface area contributed by atoms with Gasteiger partial charge < -0.3 is 20.8 Å². The van der Waals surface area contributed by atoms with Crippen LogP contribution < -0.4 is 15.8 Å². The molecule has 0 radical (unpaired) electrons. The predicted molar refractivity (Wildman–Crippen MR) is 89.5 cm³/mol. The fourth-order valence-electron chi connectivity index (χ4n) is 2.39. The fraction of sp³-hybridized carbons (Fsp3) is 0.176. The summed E-state index contributed by atoms with van der Waals surface area (Å²) in [6.07, 6.45) is 0.622. The van der Waals surface area contributed by atoms with Crippen molar-refractivity contribution < 1.29 is 9.53 Å². The lowest BCUT2D eigenvalue weighted by Gasteiger charge is -2.08. The molecule has 0 saturated carbocycles. The number of nitrogen functional groups attached to an aromatic ring is 1. The standard InChI is InChI=1S/C17H18N4O2/c1-23-11-6-7-12(13(18)10-11)17(22)19-9-8-16-20-14-4-2-3-5-15(14)21-16/h2-7,10H,8-9,18H2,1H3,(H,19,22)(H,20,21). The fourth-order valence-corrected chi connectivity index (χ4v) is 2.39. The van der Waals surface area contributed by atoms with E-state index in [0.717, 1.165) is 16.9 Å². The van der Waals surface area contributed by atoms with Crippen LogP contribution in [0.5, 0.6) is 5.75 Å². The van der Waals surface area contributed by atoms with E-state index in [4.69, 9.17) is 10.5 Å². The number of rotatable bonds is 5. The first kappa shape index (κ1) is 14.9. The van der Waals surface area contributed by atoms with Crippen molar-refractivity contribution in [2.24, 2.45) is 0 Å². The lowest BCUT2D eigenvalue weighted by atomic mass is 10.1. The van der Waals surface area contributed by atoms with Crippen LogP contribution >= 0.6 is 0 Å². The van der Waals surface area contributed by atoms with Crippen molar-refractivity contribution in [3.63, 3.8) is 0 Å². The van der Waals surface area contributed by atoms with Crippen LogP contribution in [0.4, 0.5) is 5.69 Å². The molecule has 1 amide bonds. The molecule has 0 atom stereocenters. The third kappa shape index (κ3) is 3.26. The maximum Gasteiger partial charge on any atom is 0.253 e. The van der Waals surface area contributed by atoms with Gasteiger partial charge in [-0.2, -0.15) is 0 Å². The molecule has 0 saturated heterocycles. The van der Waals surface area contributed by atoms with E-state index in [1.807, 2.05) is 24.3 Å². The van der Waals surface area contributed by atoms with Crippen LogP contribution in [-0.4, -0.2) is 29.5 Å². The molecule has 1 aromatic heterocycles. The monoisotopic (exact) mass is 310 g/mol. The smallest absolute Gasteiger partial charge is 0.253 e. The molecule has 0 fully saturated rings. The number of benzene rings is 2. The highest BCUT2D eigenvalue weighted by Gasteiger charge is 2.10. The Bertz CT molecular complexity index is 808. The van der Waals surface area contributed by atoms with Crippen LogP contribution in [0.15, 0.2) is 42.5 Å². The van der Waals surface area contributed by atoms with Crippen LogP contribution in [0, 0.1) is 0 Å². The minimum Gasteiger partial charge on any atom is -0.497 e. The number of hydrogen-bond donors (Lipinski definition) is 3. The molecule has 0 aliphatic rings. The summed E-state index contributed by atoms with van der Waals surface area (Å²) < 4.78 is 5.07. The lowest BCUT2D eigenvalue weighted by Crippen LogP contribution is -2.26. The van der Waals surface area contributed by atoms with Crippen LogP contribution in [0.2, 0.25) is 0 Å². The first-order chi connectivity index (χ1) is 11.2. The molecule has 6 nitrogen and oxygen atoms in total. The molecule has 1 heterocycles. The van der Waals surface area contributed by atoms with Gasteiger partial charge in [0.15, 0.2) is 0 Å². The largest absolute Gasteiger partial charge is 0.497 e. The van der Waals surface area contributed by atoms with E-state index in [2.05, 4.69) is 15.3 Å². The Balaban J connectivity index is 1.60. The molecule has 118 valence electrons. The zero-order valence-corrected chi connectivity index (χ0v) is 12.8. The van der Waals surface area contributed by atoms with E-state index in [1.54, 1.807) is 25.3 Å². The minimum atomic E-state index is -0.207. The number of hydrogen-bond acceptors (Lipinski definition) is 4. The second kappa shape index (κ2) is 6.39. The highest BCUT2D eigenvalue weighted by atomic mass is 16.5. The van der Waals surface area contributed by atoms with Gasteiger partial charge in [-0.1, -0.05) is 12.1 Å². The van der Waals surface area contributed by atoms with Gasteiger partial charge in [-0.05, 0) is 24.3 Å². The summed E-state index contributed by atoms with van der Waals surface area (Å²) in [7, 11) is 1.56. The van der Waals surface area contributed by atoms with Crippen molar-refractivity contribution >= 4 is 22.6 Å². The van der Waals surface area contributed by atoms with E-state index in [0.29, 0.717) is 30.0 Å². The van der Waals surface area contributed by atoms with E-state index in [9.17, 15) is 4.79 Å². The predicted octanol–water partition coefficient (Wildman–Crippen LogP) is 2.13. The summed E-state index contributed by atoms with van der Waals surface area (Å²) in [6, 6.07) is 12.8. The van der Waals surface area contributed by atoms with E-state index in [-0.39, 0.29) is 5.91 Å². The third-order valence-electron chi connectivity index (χ3n) is 3.59. The molecular formula is C17H18N4O2. The maximum absolute atomic E-state index is 12.2. The molecule has 2 aromatic carbocycles. The Morgan fingerprint density at radius 3 is 2.87 bits per heavy atom. The van der Waals surface area contributed by atoms with Crippen molar-refractivity contribution in [3.8, 4) is 5.75 Å². The van der Waals surface area contributed by atoms with Crippen molar-refractivity contribution in [3.05, 3.63) is 53.9 Å². The number of ether oxygens (including phenoxy) is 1. The summed E-state index contributed by atoms with van der Waals surface area (Å²) in [6.45, 7) is 0.476. The molecule has 3 rings (SSSR count). The normalized spacial score (nSPS) is 10.7. The van der Waals surface area contributed by atoms with Crippen LogP contribution in [0.1, 0.15) is 16.2 Å². The summed E-state index contributed by atoms with van der Waals surface area (Å²) in [5.74, 6) is 1.26. The van der Waals surface area contributed by atoms with E-state index in [1.165, 1.54) is 0 Å². The number of aromatic nitrogens is 2. The number of fused-ring (bicyclic) bond motifs is 1. The highest BCUT2D eigenvalue weighted by molar-refractivity contribution is 5.99. The van der Waals surface area contributed by atoms with Gasteiger partial charge in [-0.3, -0.25) is 4.79 Å². The molecule has 0 unspecified atom stereocenters. The number of nitrogens with one attached hydrogen (secondary N) is 2. The Morgan fingerprint density at radius 2 is 2.13 bits per heavy atom. The first-order valence-corrected chi connectivity index (χ1v) is 7.32. The van der Waals surface area contributed by atoms with Gasteiger partial charge in [0, 0.05) is 24.7 Å². The number of nitrogens with two attached hydrogens (primary N) is 1. The zero-order chi connectivity index (χ0) is 16.2. The SMILES string of the molecule is COc1ccc(C(=O)NCCc2nc3ccccc3[nH]2)c(N)c1. The Morgan fingerprint density at radius 1 is 1.30 bits per heavy atom. The summed E-state index contributed by atoms with van der Waals surface area (Å²) in [4.78, 5) is 19.9.